The molecular formula is C10H23NO3. The van der Waals surface area contributed by atoms with E-state index in [-0.39, 0.29) is 12.6 Å². The number of methoxy groups -OCH3 is 2. The van der Waals surface area contributed by atoms with Crippen molar-refractivity contribution in [1.29, 1.82) is 0 Å². The minimum absolute atomic E-state index is 0.207. The Hall–Kier alpha value is -0.160. The molecule has 0 aliphatic carbocycles. The lowest BCUT2D eigenvalue weighted by molar-refractivity contribution is 0.147. The maximum atomic E-state index is 8.79. The van der Waals surface area contributed by atoms with E-state index < -0.39 is 0 Å². The summed E-state index contributed by atoms with van der Waals surface area (Å²) >= 11 is 0. The molecule has 0 spiro atoms. The molecule has 4 nitrogen and oxygen atoms in total. The first kappa shape index (κ1) is 13.8. The Balaban J connectivity index is 3.30. The molecule has 1 atom stereocenters. The lowest BCUT2D eigenvalue weighted by Gasteiger charge is -2.16. The number of aliphatic hydroxyl groups excluding tert-OH is 1. The zero-order chi connectivity index (χ0) is 10.6. The van der Waals surface area contributed by atoms with E-state index in [1.165, 1.54) is 0 Å². The van der Waals surface area contributed by atoms with Crippen molar-refractivity contribution in [3.8, 4) is 0 Å². The van der Waals surface area contributed by atoms with E-state index >= 15 is 0 Å². The third kappa shape index (κ3) is 8.44. The van der Waals surface area contributed by atoms with Gasteiger partial charge in [0.05, 0.1) is 6.61 Å². The van der Waals surface area contributed by atoms with Crippen molar-refractivity contribution >= 4 is 0 Å². The van der Waals surface area contributed by atoms with Crippen LogP contribution in [0.15, 0.2) is 0 Å². The molecule has 0 aromatic rings. The van der Waals surface area contributed by atoms with Gasteiger partial charge in [-0.2, -0.15) is 0 Å². The molecule has 0 aliphatic rings. The van der Waals surface area contributed by atoms with Crippen LogP contribution in [0.1, 0.15) is 19.3 Å². The van der Waals surface area contributed by atoms with Gasteiger partial charge in [0.1, 0.15) is 0 Å². The zero-order valence-corrected chi connectivity index (χ0v) is 9.29. The van der Waals surface area contributed by atoms with Gasteiger partial charge in [-0.3, -0.25) is 0 Å². The SMILES string of the molecule is COCCCCNC(CCO)COC. The fourth-order valence-electron chi connectivity index (χ4n) is 1.28. The van der Waals surface area contributed by atoms with Gasteiger partial charge in [0.2, 0.25) is 0 Å². The number of rotatable bonds is 10. The van der Waals surface area contributed by atoms with Gasteiger partial charge in [-0.1, -0.05) is 0 Å². The van der Waals surface area contributed by atoms with Gasteiger partial charge >= 0.3 is 0 Å². The molecule has 0 amide bonds. The first-order valence-electron chi connectivity index (χ1n) is 5.17. The molecule has 0 saturated heterocycles. The molecule has 2 N–H and O–H groups in total. The molecule has 0 aromatic heterocycles. The lowest BCUT2D eigenvalue weighted by Crippen LogP contribution is -2.34. The van der Waals surface area contributed by atoms with Crippen LogP contribution in [-0.4, -0.2) is 51.7 Å². The van der Waals surface area contributed by atoms with Crippen molar-refractivity contribution in [2.45, 2.75) is 25.3 Å². The Morgan fingerprint density at radius 2 is 2.00 bits per heavy atom. The van der Waals surface area contributed by atoms with E-state index in [4.69, 9.17) is 14.6 Å². The van der Waals surface area contributed by atoms with Crippen LogP contribution >= 0.6 is 0 Å². The van der Waals surface area contributed by atoms with E-state index in [1.54, 1.807) is 14.2 Å². The highest BCUT2D eigenvalue weighted by Gasteiger charge is 2.05. The fourth-order valence-corrected chi connectivity index (χ4v) is 1.28. The quantitative estimate of drug-likeness (QED) is 0.507. The second kappa shape index (κ2) is 10.9. The van der Waals surface area contributed by atoms with Crippen LogP contribution in [0.2, 0.25) is 0 Å². The van der Waals surface area contributed by atoms with Crippen molar-refractivity contribution in [3.05, 3.63) is 0 Å². The highest BCUT2D eigenvalue weighted by molar-refractivity contribution is 4.65. The minimum atomic E-state index is 0.207. The predicted octanol–water partition coefficient (Wildman–Crippen LogP) is 0.400. The fraction of sp³-hybridized carbons (Fsp3) is 1.00. The topological polar surface area (TPSA) is 50.7 Å². The lowest BCUT2D eigenvalue weighted by atomic mass is 10.2. The van der Waals surface area contributed by atoms with Gasteiger partial charge in [0.15, 0.2) is 0 Å². The number of hydrogen-bond acceptors (Lipinski definition) is 4. The summed E-state index contributed by atoms with van der Waals surface area (Å²) < 4.78 is 9.99. The van der Waals surface area contributed by atoms with Gasteiger partial charge < -0.3 is 19.9 Å². The summed E-state index contributed by atoms with van der Waals surface area (Å²) in [4.78, 5) is 0. The number of ether oxygens (including phenoxy) is 2. The Morgan fingerprint density at radius 3 is 2.57 bits per heavy atom. The van der Waals surface area contributed by atoms with Crippen molar-refractivity contribution in [2.75, 3.05) is 40.6 Å². The molecule has 0 fully saturated rings. The summed E-state index contributed by atoms with van der Waals surface area (Å²) in [6, 6.07) is 0.271. The normalized spacial score (nSPS) is 13.1. The van der Waals surface area contributed by atoms with Crippen LogP contribution in [0.25, 0.3) is 0 Å². The van der Waals surface area contributed by atoms with Crippen LogP contribution in [0.3, 0.4) is 0 Å². The van der Waals surface area contributed by atoms with Gasteiger partial charge in [-0.25, -0.2) is 0 Å². The molecule has 4 heteroatoms. The van der Waals surface area contributed by atoms with Gasteiger partial charge in [-0.05, 0) is 25.8 Å². The standard InChI is InChI=1S/C10H23NO3/c1-13-8-4-3-6-11-10(5-7-12)9-14-2/h10-12H,3-9H2,1-2H3. The van der Waals surface area contributed by atoms with Crippen LogP contribution in [-0.2, 0) is 9.47 Å². The van der Waals surface area contributed by atoms with E-state index in [1.807, 2.05) is 0 Å². The van der Waals surface area contributed by atoms with Gasteiger partial charge in [-0.15, -0.1) is 0 Å². The molecule has 86 valence electrons. The average Bonchev–Trinajstić information content (AvgIpc) is 2.18. The molecule has 0 aromatic carbocycles. The van der Waals surface area contributed by atoms with Gasteiger partial charge in [0.25, 0.3) is 0 Å². The highest BCUT2D eigenvalue weighted by atomic mass is 16.5. The second-order valence-corrected chi connectivity index (χ2v) is 3.32. The third-order valence-corrected chi connectivity index (χ3v) is 2.05. The predicted molar refractivity (Wildman–Crippen MR) is 56.5 cm³/mol. The Kier molecular flexibility index (Phi) is 10.8. The zero-order valence-electron chi connectivity index (χ0n) is 9.29. The van der Waals surface area contributed by atoms with Gasteiger partial charge in [0, 0.05) is 33.5 Å². The first-order valence-corrected chi connectivity index (χ1v) is 5.17. The van der Waals surface area contributed by atoms with Crippen molar-refractivity contribution < 1.29 is 14.6 Å². The molecule has 0 radical (unpaired) electrons. The number of hydrogen-bond donors (Lipinski definition) is 2. The summed E-state index contributed by atoms with van der Waals surface area (Å²) in [6.07, 6.45) is 2.92. The molecule has 1 unspecified atom stereocenters. The maximum Gasteiger partial charge on any atom is 0.0616 e. The third-order valence-electron chi connectivity index (χ3n) is 2.05. The summed E-state index contributed by atoms with van der Waals surface area (Å²) in [5.74, 6) is 0. The molecule has 0 saturated carbocycles. The molecule has 0 rings (SSSR count). The summed E-state index contributed by atoms with van der Waals surface area (Å²) in [5.41, 5.74) is 0. The van der Waals surface area contributed by atoms with Crippen LogP contribution in [0, 0.1) is 0 Å². The molecule has 0 heterocycles. The average molecular weight is 205 g/mol. The molecule has 0 aliphatic heterocycles. The minimum Gasteiger partial charge on any atom is -0.396 e. The first-order chi connectivity index (χ1) is 6.85. The van der Waals surface area contributed by atoms with Crippen LogP contribution in [0.4, 0.5) is 0 Å². The highest BCUT2D eigenvalue weighted by Crippen LogP contribution is 1.94. The maximum absolute atomic E-state index is 8.79. The Morgan fingerprint density at radius 1 is 1.21 bits per heavy atom. The molecule has 14 heavy (non-hydrogen) atoms. The monoisotopic (exact) mass is 205 g/mol. The summed E-state index contributed by atoms with van der Waals surface area (Å²) in [6.45, 7) is 2.64. The van der Waals surface area contributed by atoms with E-state index in [2.05, 4.69) is 5.32 Å². The molecular weight excluding hydrogens is 182 g/mol. The van der Waals surface area contributed by atoms with Crippen LogP contribution < -0.4 is 5.32 Å². The van der Waals surface area contributed by atoms with Crippen molar-refractivity contribution in [3.63, 3.8) is 0 Å². The number of unbranched alkanes of at least 4 members (excludes halogenated alkanes) is 1. The Bertz CT molecular complexity index is 106. The Labute approximate surface area is 86.6 Å². The van der Waals surface area contributed by atoms with E-state index in [0.29, 0.717) is 6.61 Å². The number of nitrogens with one attached hydrogen (secondary N) is 1. The van der Waals surface area contributed by atoms with Crippen molar-refractivity contribution in [2.24, 2.45) is 0 Å². The summed E-state index contributed by atoms with van der Waals surface area (Å²) in [5, 5.41) is 12.1. The van der Waals surface area contributed by atoms with E-state index in [9.17, 15) is 0 Å². The largest absolute Gasteiger partial charge is 0.396 e. The van der Waals surface area contributed by atoms with E-state index in [0.717, 1.165) is 32.4 Å². The second-order valence-electron chi connectivity index (χ2n) is 3.32. The summed E-state index contributed by atoms with van der Waals surface area (Å²) in [7, 11) is 3.39. The van der Waals surface area contributed by atoms with Crippen LogP contribution in [0.5, 0.6) is 0 Å². The smallest absolute Gasteiger partial charge is 0.0616 e. The van der Waals surface area contributed by atoms with Crippen molar-refractivity contribution in [1.82, 2.24) is 5.32 Å². The number of aliphatic hydroxyl groups is 1. The molecule has 0 bridgehead atoms.